The molecular weight excluding hydrogens is 353 g/mol. The maximum Gasteiger partial charge on any atom is 0.435 e. The first kappa shape index (κ1) is 19.4. The van der Waals surface area contributed by atoms with Crippen molar-refractivity contribution in [1.29, 1.82) is 0 Å². The number of rotatable bonds is 5. The van der Waals surface area contributed by atoms with Crippen LogP contribution < -0.4 is 4.74 Å². The third-order valence-electron chi connectivity index (χ3n) is 3.45. The Kier molecular flexibility index (Phi) is 5.59. The van der Waals surface area contributed by atoms with E-state index in [9.17, 15) is 18.0 Å². The number of carbonyl (C=O) groups is 1. The van der Waals surface area contributed by atoms with Crippen molar-refractivity contribution >= 4 is 5.97 Å². The maximum atomic E-state index is 12.8. The van der Waals surface area contributed by atoms with Gasteiger partial charge in [-0.1, -0.05) is 6.07 Å². The van der Waals surface area contributed by atoms with Crippen molar-refractivity contribution in [2.75, 3.05) is 14.2 Å². The van der Waals surface area contributed by atoms with Gasteiger partial charge in [0.1, 0.15) is 12.0 Å². The number of nitrogens with zero attached hydrogens (tertiary/aromatic N) is 2. The van der Waals surface area contributed by atoms with E-state index in [1.165, 1.54) is 26.5 Å². The van der Waals surface area contributed by atoms with E-state index >= 15 is 0 Å². The van der Waals surface area contributed by atoms with Crippen molar-refractivity contribution in [3.05, 3.63) is 53.2 Å². The normalized spacial score (nSPS) is 12.0. The lowest BCUT2D eigenvalue weighted by molar-refractivity contribution is -0.141. The first-order valence-electron chi connectivity index (χ1n) is 7.41. The van der Waals surface area contributed by atoms with Crippen LogP contribution in [0.4, 0.5) is 13.2 Å². The summed E-state index contributed by atoms with van der Waals surface area (Å²) in [4.78, 5) is 11.7. The molecule has 6 nitrogen and oxygen atoms in total. The van der Waals surface area contributed by atoms with Crippen LogP contribution in [0, 0.1) is 13.8 Å². The van der Waals surface area contributed by atoms with Crippen LogP contribution in [0.5, 0.6) is 5.75 Å². The number of esters is 1. The fraction of sp³-hybridized carbons (Fsp3) is 0.294. The standard InChI is InChI=1S/C17H17F3N2O4/c1-10-7-11(2)13(26-14(9-24-3)16(23)25-4)8-12(10)22-6-5-15(21-22)17(18,19)20/h5-9H,1-4H3/b14-9-. The molecule has 0 unspecified atom stereocenters. The van der Waals surface area contributed by atoms with Crippen molar-refractivity contribution in [1.82, 2.24) is 9.78 Å². The first-order valence-corrected chi connectivity index (χ1v) is 7.41. The summed E-state index contributed by atoms with van der Waals surface area (Å²) in [6.45, 7) is 3.46. The second-order valence-electron chi connectivity index (χ2n) is 5.36. The molecule has 1 heterocycles. The van der Waals surface area contributed by atoms with E-state index in [0.29, 0.717) is 16.8 Å². The Bertz CT molecular complexity index is 841. The van der Waals surface area contributed by atoms with E-state index in [0.717, 1.165) is 17.0 Å². The van der Waals surface area contributed by atoms with Crippen molar-refractivity contribution in [3.8, 4) is 11.4 Å². The van der Waals surface area contributed by atoms with Gasteiger partial charge in [0.15, 0.2) is 5.69 Å². The van der Waals surface area contributed by atoms with Gasteiger partial charge < -0.3 is 14.2 Å². The average molecular weight is 370 g/mol. The van der Waals surface area contributed by atoms with E-state index in [2.05, 4.69) is 9.84 Å². The molecule has 2 rings (SSSR count). The highest BCUT2D eigenvalue weighted by Crippen LogP contribution is 2.30. The smallest absolute Gasteiger partial charge is 0.435 e. The zero-order chi connectivity index (χ0) is 19.5. The van der Waals surface area contributed by atoms with Crippen LogP contribution in [0.25, 0.3) is 5.69 Å². The number of hydrogen-bond acceptors (Lipinski definition) is 5. The van der Waals surface area contributed by atoms with Crippen LogP contribution >= 0.6 is 0 Å². The number of methoxy groups -OCH3 is 2. The molecule has 0 amide bonds. The molecule has 0 bridgehead atoms. The van der Waals surface area contributed by atoms with Gasteiger partial charge in [0.05, 0.1) is 19.9 Å². The van der Waals surface area contributed by atoms with Gasteiger partial charge in [0, 0.05) is 12.3 Å². The van der Waals surface area contributed by atoms with Gasteiger partial charge in [0.25, 0.3) is 0 Å². The number of aromatic nitrogens is 2. The van der Waals surface area contributed by atoms with Crippen molar-refractivity contribution < 1.29 is 32.2 Å². The van der Waals surface area contributed by atoms with Gasteiger partial charge in [-0.25, -0.2) is 9.48 Å². The quantitative estimate of drug-likeness (QED) is 0.458. The third kappa shape index (κ3) is 4.16. The van der Waals surface area contributed by atoms with Gasteiger partial charge in [0.2, 0.25) is 5.76 Å². The minimum Gasteiger partial charge on any atom is -0.500 e. The summed E-state index contributed by atoms with van der Waals surface area (Å²) in [5.41, 5.74) is 0.722. The van der Waals surface area contributed by atoms with Crippen LogP contribution in [-0.2, 0) is 20.4 Å². The molecule has 0 aliphatic carbocycles. The van der Waals surface area contributed by atoms with Gasteiger partial charge in [-0.2, -0.15) is 18.3 Å². The summed E-state index contributed by atoms with van der Waals surface area (Å²) in [6, 6.07) is 4.08. The molecule has 0 N–H and O–H groups in total. The second kappa shape index (κ2) is 7.51. The minimum absolute atomic E-state index is 0.204. The molecular formula is C17H17F3N2O4. The van der Waals surface area contributed by atoms with Crippen LogP contribution in [0.15, 0.2) is 36.4 Å². The minimum atomic E-state index is -4.54. The summed E-state index contributed by atoms with van der Waals surface area (Å²) in [6.07, 6.45) is -2.26. The summed E-state index contributed by atoms with van der Waals surface area (Å²) >= 11 is 0. The average Bonchev–Trinajstić information content (AvgIpc) is 3.05. The molecule has 0 fully saturated rings. The summed E-state index contributed by atoms with van der Waals surface area (Å²) in [5, 5.41) is 3.56. The van der Waals surface area contributed by atoms with Crippen molar-refractivity contribution in [2.45, 2.75) is 20.0 Å². The highest BCUT2D eigenvalue weighted by molar-refractivity contribution is 5.86. The Balaban J connectivity index is 2.45. The van der Waals surface area contributed by atoms with Crippen molar-refractivity contribution in [3.63, 3.8) is 0 Å². The summed E-state index contributed by atoms with van der Waals surface area (Å²) < 4.78 is 54.3. The van der Waals surface area contributed by atoms with E-state index in [4.69, 9.17) is 9.47 Å². The number of alkyl halides is 3. The first-order chi connectivity index (χ1) is 12.2. The highest BCUT2D eigenvalue weighted by Gasteiger charge is 2.33. The van der Waals surface area contributed by atoms with Gasteiger partial charge in [-0.15, -0.1) is 0 Å². The number of aryl methyl sites for hydroxylation is 2. The SMILES string of the molecule is CO/C=C(\Oc1cc(-n2ccc(C(F)(F)F)n2)c(C)cc1C)C(=O)OC. The van der Waals surface area contributed by atoms with E-state index in [1.54, 1.807) is 19.9 Å². The van der Waals surface area contributed by atoms with Crippen molar-refractivity contribution in [2.24, 2.45) is 0 Å². The number of hydrogen-bond donors (Lipinski definition) is 0. The number of benzene rings is 1. The summed E-state index contributed by atoms with van der Waals surface area (Å²) in [7, 11) is 2.52. The summed E-state index contributed by atoms with van der Waals surface area (Å²) in [5.74, 6) is -0.709. The lowest BCUT2D eigenvalue weighted by atomic mass is 10.1. The third-order valence-corrected chi connectivity index (χ3v) is 3.45. The fourth-order valence-electron chi connectivity index (χ4n) is 2.23. The molecule has 140 valence electrons. The predicted molar refractivity (Wildman–Crippen MR) is 85.8 cm³/mol. The molecule has 2 aromatic rings. The van der Waals surface area contributed by atoms with Crippen LogP contribution in [-0.4, -0.2) is 30.0 Å². The monoisotopic (exact) mass is 370 g/mol. The molecule has 26 heavy (non-hydrogen) atoms. The molecule has 0 saturated carbocycles. The fourth-order valence-corrected chi connectivity index (χ4v) is 2.23. The Morgan fingerprint density at radius 2 is 1.88 bits per heavy atom. The highest BCUT2D eigenvalue weighted by atomic mass is 19.4. The molecule has 1 aromatic heterocycles. The van der Waals surface area contributed by atoms with Gasteiger partial charge >= 0.3 is 12.1 Å². The zero-order valence-corrected chi connectivity index (χ0v) is 14.5. The number of carbonyl (C=O) groups excluding carboxylic acids is 1. The number of halogens is 3. The largest absolute Gasteiger partial charge is 0.500 e. The Labute approximate surface area is 147 Å². The molecule has 0 aliphatic rings. The van der Waals surface area contributed by atoms with Crippen LogP contribution in [0.1, 0.15) is 16.8 Å². The number of ether oxygens (including phenoxy) is 3. The molecule has 0 spiro atoms. The Morgan fingerprint density at radius 3 is 2.42 bits per heavy atom. The second-order valence-corrected chi connectivity index (χ2v) is 5.36. The predicted octanol–water partition coefficient (Wildman–Crippen LogP) is 3.55. The van der Waals surface area contributed by atoms with E-state index in [1.807, 2.05) is 0 Å². The van der Waals surface area contributed by atoms with Crippen LogP contribution in [0.3, 0.4) is 0 Å². The van der Waals surface area contributed by atoms with E-state index < -0.39 is 17.8 Å². The molecule has 9 heteroatoms. The lowest BCUT2D eigenvalue weighted by Gasteiger charge is -2.14. The zero-order valence-electron chi connectivity index (χ0n) is 14.5. The Hall–Kier alpha value is -2.97. The molecule has 0 aliphatic heterocycles. The molecule has 0 saturated heterocycles. The Morgan fingerprint density at radius 1 is 1.19 bits per heavy atom. The van der Waals surface area contributed by atoms with Crippen LogP contribution in [0.2, 0.25) is 0 Å². The molecule has 1 aromatic carbocycles. The molecule has 0 radical (unpaired) electrons. The topological polar surface area (TPSA) is 62.6 Å². The van der Waals surface area contributed by atoms with Gasteiger partial charge in [-0.3, -0.25) is 0 Å². The van der Waals surface area contributed by atoms with Gasteiger partial charge in [-0.05, 0) is 31.0 Å². The maximum absolute atomic E-state index is 12.8. The van der Waals surface area contributed by atoms with E-state index in [-0.39, 0.29) is 11.5 Å². The lowest BCUT2D eigenvalue weighted by Crippen LogP contribution is -2.12. The molecule has 0 atom stereocenters.